The minimum atomic E-state index is -1.08. The molecule has 1 aromatic carbocycles. The van der Waals surface area contributed by atoms with E-state index in [1.807, 2.05) is 7.05 Å². The number of nitrogens with zero attached hydrogens (tertiary/aromatic N) is 2. The summed E-state index contributed by atoms with van der Waals surface area (Å²) < 4.78 is 1.69. The highest BCUT2D eigenvalue weighted by atomic mass is 16.4. The van der Waals surface area contributed by atoms with Crippen LogP contribution in [0.15, 0.2) is 30.5 Å². The molecule has 0 bridgehead atoms. The lowest BCUT2D eigenvalue weighted by atomic mass is 9.85. The highest BCUT2D eigenvalue weighted by Crippen LogP contribution is 2.33. The molecule has 1 heterocycles. The van der Waals surface area contributed by atoms with Crippen molar-refractivity contribution in [2.45, 2.75) is 44.4 Å². The van der Waals surface area contributed by atoms with Crippen molar-refractivity contribution in [2.24, 2.45) is 7.05 Å². The van der Waals surface area contributed by atoms with Crippen LogP contribution in [0.3, 0.4) is 0 Å². The largest absolute Gasteiger partial charge is 0.480 e. The third-order valence-corrected chi connectivity index (χ3v) is 5.11. The highest BCUT2D eigenvalue weighted by Gasteiger charge is 2.25. The van der Waals surface area contributed by atoms with Gasteiger partial charge in [-0.1, -0.05) is 31.4 Å². The second kappa shape index (κ2) is 9.36. The summed E-state index contributed by atoms with van der Waals surface area (Å²) in [6.45, 7) is -0.401. The second-order valence-electron chi connectivity index (χ2n) is 7.43. The third-order valence-electron chi connectivity index (χ3n) is 5.11. The number of aliphatic carboxylic acids is 1. The average molecular weight is 398 g/mol. The predicted octanol–water partition coefficient (Wildman–Crippen LogP) is 2.46. The Balaban J connectivity index is 1.62. The van der Waals surface area contributed by atoms with Gasteiger partial charge in [0.2, 0.25) is 5.91 Å². The number of hydrogen-bond acceptors (Lipinski definition) is 4. The standard InChI is InChI=1S/C21H26N4O4/c1-25-13-17(20(24-25)15-5-3-2-4-6-15)21(29)23-16-9-7-14(8-10-16)11-18(26)22-12-19(27)28/h7-10,13,15H,2-6,11-12H2,1H3,(H,22,26)(H,23,29)(H,27,28). The van der Waals surface area contributed by atoms with Crippen molar-refractivity contribution in [2.75, 3.05) is 11.9 Å². The van der Waals surface area contributed by atoms with E-state index in [-0.39, 0.29) is 18.2 Å². The van der Waals surface area contributed by atoms with Crippen LogP contribution in [0.5, 0.6) is 0 Å². The number of hydrogen-bond donors (Lipinski definition) is 3. The van der Waals surface area contributed by atoms with Crippen molar-refractivity contribution in [3.05, 3.63) is 47.3 Å². The van der Waals surface area contributed by atoms with E-state index < -0.39 is 12.5 Å². The molecule has 29 heavy (non-hydrogen) atoms. The van der Waals surface area contributed by atoms with Gasteiger partial charge in [-0.15, -0.1) is 0 Å². The molecule has 3 rings (SSSR count). The average Bonchev–Trinajstić information content (AvgIpc) is 3.10. The number of amides is 2. The minimum Gasteiger partial charge on any atom is -0.480 e. The molecule has 1 fully saturated rings. The van der Waals surface area contributed by atoms with Gasteiger partial charge in [0.15, 0.2) is 0 Å². The quantitative estimate of drug-likeness (QED) is 0.663. The molecule has 8 heteroatoms. The first-order valence-electron chi connectivity index (χ1n) is 9.84. The van der Waals surface area contributed by atoms with E-state index in [0.29, 0.717) is 17.2 Å². The Morgan fingerprint density at radius 2 is 1.83 bits per heavy atom. The van der Waals surface area contributed by atoms with Crippen LogP contribution in [0.4, 0.5) is 5.69 Å². The number of rotatable bonds is 7. The van der Waals surface area contributed by atoms with Gasteiger partial charge in [-0.2, -0.15) is 5.10 Å². The topological polar surface area (TPSA) is 113 Å². The van der Waals surface area contributed by atoms with Crippen molar-refractivity contribution in [3.63, 3.8) is 0 Å². The van der Waals surface area contributed by atoms with E-state index in [2.05, 4.69) is 15.7 Å². The number of aryl methyl sites for hydroxylation is 1. The zero-order valence-corrected chi connectivity index (χ0v) is 16.5. The molecule has 154 valence electrons. The van der Waals surface area contributed by atoms with Crippen molar-refractivity contribution in [3.8, 4) is 0 Å². The van der Waals surface area contributed by atoms with Crippen molar-refractivity contribution >= 4 is 23.5 Å². The van der Waals surface area contributed by atoms with Gasteiger partial charge in [-0.3, -0.25) is 19.1 Å². The van der Waals surface area contributed by atoms with E-state index in [9.17, 15) is 14.4 Å². The summed E-state index contributed by atoms with van der Waals surface area (Å²) in [7, 11) is 1.83. The van der Waals surface area contributed by atoms with Crippen LogP contribution >= 0.6 is 0 Å². The number of benzene rings is 1. The normalized spacial score (nSPS) is 14.4. The summed E-state index contributed by atoms with van der Waals surface area (Å²) >= 11 is 0. The zero-order valence-electron chi connectivity index (χ0n) is 16.5. The van der Waals surface area contributed by atoms with E-state index in [1.54, 1.807) is 35.1 Å². The minimum absolute atomic E-state index is 0.0793. The Morgan fingerprint density at radius 1 is 1.14 bits per heavy atom. The predicted molar refractivity (Wildman–Crippen MR) is 108 cm³/mol. The number of anilines is 1. The number of carbonyl (C=O) groups is 3. The lowest BCUT2D eigenvalue weighted by Gasteiger charge is -2.20. The molecule has 0 spiro atoms. The van der Waals surface area contributed by atoms with Crippen LogP contribution in [0, 0.1) is 0 Å². The summed E-state index contributed by atoms with van der Waals surface area (Å²) in [5.74, 6) is -1.31. The number of carbonyl (C=O) groups excluding carboxylic acids is 2. The van der Waals surface area contributed by atoms with E-state index in [0.717, 1.165) is 24.1 Å². The molecule has 8 nitrogen and oxygen atoms in total. The maximum Gasteiger partial charge on any atom is 0.322 e. The molecule has 0 radical (unpaired) electrons. The molecule has 1 aliphatic rings. The number of carboxylic acids is 1. The fraction of sp³-hybridized carbons (Fsp3) is 0.429. The molecule has 3 N–H and O–H groups in total. The fourth-order valence-corrected chi connectivity index (χ4v) is 3.68. The molecule has 1 aliphatic carbocycles. The van der Waals surface area contributed by atoms with Gasteiger partial charge in [-0.05, 0) is 30.5 Å². The summed E-state index contributed by atoms with van der Waals surface area (Å²) in [5, 5.41) is 18.4. The molecule has 0 saturated heterocycles. The molecule has 0 atom stereocenters. The molecule has 0 unspecified atom stereocenters. The van der Waals surface area contributed by atoms with Crippen LogP contribution in [-0.4, -0.2) is 39.2 Å². The smallest absolute Gasteiger partial charge is 0.322 e. The molecule has 1 saturated carbocycles. The molecule has 1 aromatic heterocycles. The van der Waals surface area contributed by atoms with Gasteiger partial charge in [0.1, 0.15) is 6.54 Å². The number of carboxylic acid groups (broad SMARTS) is 1. The third kappa shape index (κ3) is 5.66. The van der Waals surface area contributed by atoms with Gasteiger partial charge in [0, 0.05) is 24.8 Å². The van der Waals surface area contributed by atoms with Gasteiger partial charge in [-0.25, -0.2) is 0 Å². The maximum absolute atomic E-state index is 12.8. The lowest BCUT2D eigenvalue weighted by molar-refractivity contribution is -0.137. The Kier molecular flexibility index (Phi) is 6.64. The van der Waals surface area contributed by atoms with Crippen LogP contribution in [0.25, 0.3) is 0 Å². The van der Waals surface area contributed by atoms with Crippen LogP contribution in [-0.2, 0) is 23.1 Å². The van der Waals surface area contributed by atoms with E-state index >= 15 is 0 Å². The molecular weight excluding hydrogens is 372 g/mol. The monoisotopic (exact) mass is 398 g/mol. The van der Waals surface area contributed by atoms with Gasteiger partial charge in [0.25, 0.3) is 5.91 Å². The van der Waals surface area contributed by atoms with Gasteiger partial charge < -0.3 is 15.7 Å². The first kappa shape index (κ1) is 20.6. The Morgan fingerprint density at radius 3 is 2.48 bits per heavy atom. The SMILES string of the molecule is Cn1cc(C(=O)Nc2ccc(CC(=O)NCC(=O)O)cc2)c(C2CCCCC2)n1. The number of aromatic nitrogens is 2. The molecule has 2 aromatic rings. The lowest BCUT2D eigenvalue weighted by Crippen LogP contribution is -2.30. The van der Waals surface area contributed by atoms with Crippen LogP contribution in [0.1, 0.15) is 59.6 Å². The maximum atomic E-state index is 12.8. The summed E-state index contributed by atoms with van der Waals surface area (Å²) in [4.78, 5) is 35.0. The van der Waals surface area contributed by atoms with Crippen LogP contribution < -0.4 is 10.6 Å². The first-order valence-corrected chi connectivity index (χ1v) is 9.84. The zero-order chi connectivity index (χ0) is 20.8. The molecule has 2 amide bonds. The fourth-order valence-electron chi connectivity index (χ4n) is 3.68. The molecular formula is C21H26N4O4. The first-order chi connectivity index (χ1) is 13.9. The second-order valence-corrected chi connectivity index (χ2v) is 7.43. The van der Waals surface area contributed by atoms with Crippen molar-refractivity contribution < 1.29 is 19.5 Å². The van der Waals surface area contributed by atoms with E-state index in [1.165, 1.54) is 19.3 Å². The van der Waals surface area contributed by atoms with Gasteiger partial charge in [0.05, 0.1) is 17.7 Å². The Bertz CT molecular complexity index is 883. The summed E-state index contributed by atoms with van der Waals surface area (Å²) in [6, 6.07) is 6.94. The van der Waals surface area contributed by atoms with Gasteiger partial charge >= 0.3 is 5.97 Å². The highest BCUT2D eigenvalue weighted by molar-refractivity contribution is 6.05. The van der Waals surface area contributed by atoms with Crippen LogP contribution in [0.2, 0.25) is 0 Å². The summed E-state index contributed by atoms with van der Waals surface area (Å²) in [5.41, 5.74) is 2.84. The summed E-state index contributed by atoms with van der Waals surface area (Å²) in [6.07, 6.45) is 7.56. The molecule has 0 aliphatic heterocycles. The number of nitrogens with one attached hydrogen (secondary N) is 2. The van der Waals surface area contributed by atoms with E-state index in [4.69, 9.17) is 5.11 Å². The Hall–Kier alpha value is -3.16. The Labute approximate surface area is 169 Å². The van der Waals surface area contributed by atoms with Crippen molar-refractivity contribution in [1.82, 2.24) is 15.1 Å². The van der Waals surface area contributed by atoms with Crippen molar-refractivity contribution in [1.29, 1.82) is 0 Å².